The number of aryl methyl sites for hydroxylation is 1. The number of hydrogen-bond donors (Lipinski definition) is 1. The van der Waals surface area contributed by atoms with Crippen LogP contribution in [0.4, 0.5) is 0 Å². The van der Waals surface area contributed by atoms with Gasteiger partial charge in [-0.1, -0.05) is 65.8 Å². The van der Waals surface area contributed by atoms with Gasteiger partial charge in [0.05, 0.1) is 17.3 Å². The molecule has 252 valence electrons. The van der Waals surface area contributed by atoms with E-state index in [2.05, 4.69) is 86.6 Å². The molecule has 1 aromatic rings. The smallest absolute Gasteiger partial charge is 0.303 e. The van der Waals surface area contributed by atoms with Crippen LogP contribution in [0.15, 0.2) is 24.3 Å². The Morgan fingerprint density at radius 1 is 0.956 bits per heavy atom. The van der Waals surface area contributed by atoms with Crippen LogP contribution in [0.2, 0.25) is 0 Å². The number of fused-ring (bicyclic) bond motifs is 5. The van der Waals surface area contributed by atoms with E-state index in [-0.39, 0.29) is 64.1 Å². The third kappa shape index (κ3) is 5.38. The van der Waals surface area contributed by atoms with E-state index in [0.29, 0.717) is 6.42 Å². The first kappa shape index (κ1) is 34.4. The summed E-state index contributed by atoms with van der Waals surface area (Å²) in [7, 11) is 0. The van der Waals surface area contributed by atoms with Crippen molar-refractivity contribution in [2.24, 2.45) is 39.9 Å². The van der Waals surface area contributed by atoms with E-state index in [1.54, 1.807) is 0 Å². The number of benzene rings is 1. The first-order valence-electron chi connectivity index (χ1n) is 17.7. The number of ether oxygens (including phenoxy) is 3. The predicted molar refractivity (Wildman–Crippen MR) is 177 cm³/mol. The summed E-state index contributed by atoms with van der Waals surface area (Å²) in [6.07, 6.45) is 4.68. The lowest BCUT2D eigenvalue weighted by Crippen LogP contribution is -2.76. The second-order valence-corrected chi connectivity index (χ2v) is 16.9. The van der Waals surface area contributed by atoms with Gasteiger partial charge in [-0.25, -0.2) is 0 Å². The zero-order valence-electron chi connectivity index (χ0n) is 29.9. The molecule has 1 N–H and O–H groups in total. The minimum atomic E-state index is -0.880. The number of carbonyl (C=O) groups is 2. The molecule has 4 fully saturated rings. The second kappa shape index (κ2) is 11.6. The van der Waals surface area contributed by atoms with Crippen molar-refractivity contribution in [1.82, 2.24) is 0 Å². The van der Waals surface area contributed by atoms with Crippen LogP contribution in [0.5, 0.6) is 0 Å². The van der Waals surface area contributed by atoms with E-state index in [1.165, 1.54) is 25.0 Å². The normalized spacial score (nSPS) is 44.5. The van der Waals surface area contributed by atoms with Gasteiger partial charge >= 0.3 is 11.9 Å². The summed E-state index contributed by atoms with van der Waals surface area (Å²) < 4.78 is 19.3. The van der Waals surface area contributed by atoms with E-state index in [1.807, 2.05) is 0 Å². The lowest BCUT2D eigenvalue weighted by molar-refractivity contribution is -0.333. The zero-order valence-corrected chi connectivity index (χ0v) is 29.9. The highest BCUT2D eigenvalue weighted by Crippen LogP contribution is 2.73. The molecule has 0 aromatic heterocycles. The van der Waals surface area contributed by atoms with Gasteiger partial charge in [0.2, 0.25) is 0 Å². The summed E-state index contributed by atoms with van der Waals surface area (Å²) in [5.41, 5.74) is 0.360. The van der Waals surface area contributed by atoms with Gasteiger partial charge in [-0.05, 0) is 111 Å². The van der Waals surface area contributed by atoms with Crippen LogP contribution in [-0.4, -0.2) is 46.6 Å². The summed E-state index contributed by atoms with van der Waals surface area (Å²) in [6, 6.07) is 8.67. The lowest BCUT2D eigenvalue weighted by Gasteiger charge is -2.73. The number of aliphatic hydroxyl groups is 1. The van der Waals surface area contributed by atoms with Gasteiger partial charge in [-0.2, -0.15) is 0 Å². The van der Waals surface area contributed by atoms with Gasteiger partial charge in [-0.3, -0.25) is 9.59 Å². The number of esters is 2. The third-order valence-corrected chi connectivity index (χ3v) is 13.8. The largest absolute Gasteiger partial charge is 0.458 e. The summed E-state index contributed by atoms with van der Waals surface area (Å²) in [4.78, 5) is 25.7. The molecule has 5 rings (SSSR count). The molecule has 6 heteroatoms. The molecule has 4 aliphatic rings. The highest BCUT2D eigenvalue weighted by atomic mass is 16.6. The quantitative estimate of drug-likeness (QED) is 0.323. The maximum absolute atomic E-state index is 13.0. The third-order valence-electron chi connectivity index (χ3n) is 13.8. The van der Waals surface area contributed by atoms with Crippen molar-refractivity contribution in [3.8, 4) is 0 Å². The van der Waals surface area contributed by atoms with Crippen LogP contribution in [0, 0.1) is 39.9 Å². The summed E-state index contributed by atoms with van der Waals surface area (Å²) >= 11 is 0. The highest BCUT2D eigenvalue weighted by Gasteiger charge is 2.75. The average Bonchev–Trinajstić information content (AvgIpc) is 2.94. The maximum atomic E-state index is 13.0. The Labute approximate surface area is 272 Å². The van der Waals surface area contributed by atoms with Crippen LogP contribution in [-0.2, 0) is 30.2 Å². The van der Waals surface area contributed by atoms with E-state index in [0.717, 1.165) is 38.5 Å². The fourth-order valence-electron chi connectivity index (χ4n) is 11.8. The van der Waals surface area contributed by atoms with Crippen LogP contribution in [0.1, 0.15) is 132 Å². The molecule has 0 amide bonds. The molecule has 3 aliphatic carbocycles. The monoisotopic (exact) mass is 624 g/mol. The van der Waals surface area contributed by atoms with Crippen molar-refractivity contribution in [3.63, 3.8) is 0 Å². The van der Waals surface area contributed by atoms with Crippen LogP contribution >= 0.6 is 0 Å². The van der Waals surface area contributed by atoms with E-state index in [9.17, 15) is 14.7 Å². The molecule has 45 heavy (non-hydrogen) atoms. The van der Waals surface area contributed by atoms with Gasteiger partial charge in [0.15, 0.2) is 0 Å². The van der Waals surface area contributed by atoms with Gasteiger partial charge in [0.1, 0.15) is 12.2 Å². The predicted octanol–water partition coefficient (Wildman–Crippen LogP) is 8.03. The van der Waals surface area contributed by atoms with Crippen molar-refractivity contribution in [1.29, 1.82) is 0 Å². The van der Waals surface area contributed by atoms with E-state index < -0.39 is 23.2 Å². The molecule has 0 radical (unpaired) electrons. The summed E-state index contributed by atoms with van der Waals surface area (Å²) in [5.74, 6) is -0.279. The maximum Gasteiger partial charge on any atom is 0.303 e. The molecule has 1 heterocycles. The van der Waals surface area contributed by atoms with E-state index in [4.69, 9.17) is 14.2 Å². The highest BCUT2D eigenvalue weighted by molar-refractivity contribution is 5.67. The summed E-state index contributed by atoms with van der Waals surface area (Å²) in [5, 5.41) is 13.0. The van der Waals surface area contributed by atoms with Gasteiger partial charge in [-0.15, -0.1) is 0 Å². The minimum Gasteiger partial charge on any atom is -0.458 e. The molecule has 1 saturated heterocycles. The van der Waals surface area contributed by atoms with Gasteiger partial charge in [0.25, 0.3) is 0 Å². The molecule has 6 nitrogen and oxygen atoms in total. The fraction of sp³-hybridized carbons (Fsp3) is 0.795. The fourth-order valence-corrected chi connectivity index (χ4v) is 11.8. The Morgan fingerprint density at radius 2 is 1.56 bits per heavy atom. The first-order valence-corrected chi connectivity index (χ1v) is 17.7. The minimum absolute atomic E-state index is 0.0220. The molecule has 1 aromatic carbocycles. The number of carbonyl (C=O) groups excluding carboxylic acids is 2. The van der Waals surface area contributed by atoms with Crippen molar-refractivity contribution in [3.05, 3.63) is 35.4 Å². The van der Waals surface area contributed by atoms with Gasteiger partial charge < -0.3 is 19.3 Å². The second-order valence-electron chi connectivity index (χ2n) is 16.9. The molecule has 1 aliphatic heterocycles. The molecule has 0 spiro atoms. The lowest BCUT2D eigenvalue weighted by atomic mass is 9.34. The zero-order chi connectivity index (χ0) is 33.3. The van der Waals surface area contributed by atoms with Crippen LogP contribution in [0.25, 0.3) is 0 Å². The SMILES string of the molecule is CCc1ccccc1[C@@H](C)C[C@@]1(O)[C@@H]2CC[C@]3(C)[C@H]([C@H](OC(C)=O)[C@H](OC(C)=O)[C@]4(C)[C@@H](C)OC(C)(C)C[C@@H]34)[C@@]2(C)CC[C@@H]1C. The van der Waals surface area contributed by atoms with Crippen molar-refractivity contribution >= 4 is 11.9 Å². The first-order chi connectivity index (χ1) is 20.8. The number of hydrogen-bond acceptors (Lipinski definition) is 6. The van der Waals surface area contributed by atoms with E-state index >= 15 is 0 Å². The molecule has 3 saturated carbocycles. The standard InChI is InChI=1S/C39H60O6/c1-12-28-15-13-14-16-29(28)23(2)21-39(42)24(3)17-19-36(9)30(39)18-20-37(10)31-22-35(7,8)45-25(4)38(31,11)34(44-27(6)41)32(33(36)37)43-26(5)40/h13-16,23-25,30-34,42H,12,17-22H2,1-11H3/t23-,24-,25+,30+,31-,32-,33+,34-,36-,37-,38+,39-/m0/s1. The molecular weight excluding hydrogens is 564 g/mol. The molecule has 0 bridgehead atoms. The van der Waals surface area contributed by atoms with Crippen molar-refractivity contribution < 1.29 is 28.9 Å². The van der Waals surface area contributed by atoms with Crippen molar-refractivity contribution in [2.75, 3.05) is 0 Å². The average molecular weight is 625 g/mol. The summed E-state index contributed by atoms with van der Waals surface area (Å²) in [6.45, 7) is 23.0. The molecule has 0 unspecified atom stereocenters. The topological polar surface area (TPSA) is 82.1 Å². The van der Waals surface area contributed by atoms with Crippen LogP contribution < -0.4 is 0 Å². The number of rotatable bonds is 6. The Hall–Kier alpha value is -1.92. The Bertz CT molecular complexity index is 1290. The van der Waals surface area contributed by atoms with Crippen LogP contribution in [0.3, 0.4) is 0 Å². The van der Waals surface area contributed by atoms with Gasteiger partial charge in [0, 0.05) is 25.2 Å². The Morgan fingerprint density at radius 3 is 2.18 bits per heavy atom. The molecule has 12 atom stereocenters. The Balaban J connectivity index is 1.65. The Kier molecular flexibility index (Phi) is 8.91. The molecular formula is C39H60O6. The van der Waals surface area contributed by atoms with Crippen molar-refractivity contribution in [2.45, 2.75) is 157 Å².